The summed E-state index contributed by atoms with van der Waals surface area (Å²) in [6.07, 6.45) is -0.511. The number of ether oxygens (including phenoxy) is 3. The molecule has 94 valence electrons. The van der Waals surface area contributed by atoms with Crippen LogP contribution < -0.4 is 4.74 Å². The van der Waals surface area contributed by atoms with Crippen LogP contribution in [-0.4, -0.2) is 31.7 Å². The maximum absolute atomic E-state index is 10.2. The van der Waals surface area contributed by atoms with Gasteiger partial charge in [-0.3, -0.25) is 0 Å². The summed E-state index contributed by atoms with van der Waals surface area (Å²) in [5.74, 6) is 0.695. The fourth-order valence-electron chi connectivity index (χ4n) is 1.97. The van der Waals surface area contributed by atoms with Gasteiger partial charge in [-0.25, -0.2) is 0 Å². The normalized spacial score (nSPS) is 18.3. The molecule has 0 bridgehead atoms. The van der Waals surface area contributed by atoms with E-state index >= 15 is 0 Å². The largest absolute Gasteiger partial charge is 0.496 e. The van der Waals surface area contributed by atoms with Gasteiger partial charge in [0.05, 0.1) is 26.4 Å². The van der Waals surface area contributed by atoms with Gasteiger partial charge < -0.3 is 19.3 Å². The van der Waals surface area contributed by atoms with Crippen LogP contribution in [0.3, 0.4) is 0 Å². The molecule has 1 saturated heterocycles. The maximum atomic E-state index is 10.2. The zero-order valence-corrected chi connectivity index (χ0v) is 10.2. The Kier molecular flexibility index (Phi) is 3.99. The first-order valence-corrected chi connectivity index (χ1v) is 5.76. The van der Waals surface area contributed by atoms with Crippen LogP contribution in [-0.2, 0) is 9.47 Å². The molecule has 4 nitrogen and oxygen atoms in total. The summed E-state index contributed by atoms with van der Waals surface area (Å²) in [6, 6.07) is 5.75. The predicted octanol–water partition coefficient (Wildman–Crippen LogP) is 1.80. The van der Waals surface area contributed by atoms with Crippen LogP contribution in [0.15, 0.2) is 18.2 Å². The van der Waals surface area contributed by atoms with E-state index in [1.807, 2.05) is 25.1 Å². The first kappa shape index (κ1) is 12.4. The molecule has 1 fully saturated rings. The lowest BCUT2D eigenvalue weighted by Crippen LogP contribution is -2.13. The highest BCUT2D eigenvalue weighted by atomic mass is 16.7. The Morgan fingerprint density at radius 3 is 2.76 bits per heavy atom. The quantitative estimate of drug-likeness (QED) is 0.869. The van der Waals surface area contributed by atoms with Crippen molar-refractivity contribution in [2.24, 2.45) is 0 Å². The van der Waals surface area contributed by atoms with Crippen molar-refractivity contribution in [3.63, 3.8) is 0 Å². The fourth-order valence-corrected chi connectivity index (χ4v) is 1.97. The Labute approximate surface area is 101 Å². The number of aryl methyl sites for hydroxylation is 1. The van der Waals surface area contributed by atoms with Crippen molar-refractivity contribution in [3.05, 3.63) is 29.3 Å². The third-order valence-electron chi connectivity index (χ3n) is 2.85. The van der Waals surface area contributed by atoms with Gasteiger partial charge in [0.1, 0.15) is 5.75 Å². The lowest BCUT2D eigenvalue weighted by molar-refractivity contribution is -0.0710. The van der Waals surface area contributed by atoms with Crippen molar-refractivity contribution in [1.29, 1.82) is 0 Å². The molecule has 1 atom stereocenters. The van der Waals surface area contributed by atoms with Gasteiger partial charge in [0.25, 0.3) is 0 Å². The van der Waals surface area contributed by atoms with Crippen LogP contribution in [0.25, 0.3) is 0 Å². The molecule has 1 unspecified atom stereocenters. The summed E-state index contributed by atoms with van der Waals surface area (Å²) in [7, 11) is 1.60. The summed E-state index contributed by atoms with van der Waals surface area (Å²) >= 11 is 0. The molecule has 0 aliphatic carbocycles. The van der Waals surface area contributed by atoms with E-state index in [0.717, 1.165) is 11.1 Å². The minimum Gasteiger partial charge on any atom is -0.496 e. The van der Waals surface area contributed by atoms with Gasteiger partial charge in [0.15, 0.2) is 6.29 Å². The van der Waals surface area contributed by atoms with E-state index in [4.69, 9.17) is 14.2 Å². The van der Waals surface area contributed by atoms with E-state index in [9.17, 15) is 5.11 Å². The topological polar surface area (TPSA) is 47.9 Å². The van der Waals surface area contributed by atoms with Crippen molar-refractivity contribution in [3.8, 4) is 5.75 Å². The zero-order chi connectivity index (χ0) is 12.3. The van der Waals surface area contributed by atoms with Crippen molar-refractivity contribution in [2.45, 2.75) is 25.7 Å². The average molecular weight is 238 g/mol. The Hall–Kier alpha value is -1.10. The minimum atomic E-state index is -0.632. The highest BCUT2D eigenvalue weighted by Gasteiger charge is 2.23. The molecule has 1 N–H and O–H groups in total. The SMILES string of the molecule is COc1ccc(C)cc1C(O)CC1OCCO1. The number of aliphatic hydroxyl groups is 1. The monoisotopic (exact) mass is 238 g/mol. The fraction of sp³-hybridized carbons (Fsp3) is 0.538. The molecule has 17 heavy (non-hydrogen) atoms. The summed E-state index contributed by atoms with van der Waals surface area (Å²) < 4.78 is 15.9. The molecule has 0 amide bonds. The molecule has 1 aromatic rings. The molecule has 0 spiro atoms. The van der Waals surface area contributed by atoms with Gasteiger partial charge in [0, 0.05) is 12.0 Å². The van der Waals surface area contributed by atoms with E-state index in [-0.39, 0.29) is 6.29 Å². The van der Waals surface area contributed by atoms with Crippen molar-refractivity contribution in [2.75, 3.05) is 20.3 Å². The van der Waals surface area contributed by atoms with E-state index in [1.54, 1.807) is 7.11 Å². The number of benzene rings is 1. The molecule has 0 aromatic heterocycles. The number of hydrogen-bond donors (Lipinski definition) is 1. The molecule has 1 aliphatic rings. The van der Waals surface area contributed by atoms with Gasteiger partial charge in [-0.2, -0.15) is 0 Å². The van der Waals surface area contributed by atoms with Crippen LogP contribution in [0, 0.1) is 6.92 Å². The number of hydrogen-bond acceptors (Lipinski definition) is 4. The van der Waals surface area contributed by atoms with E-state index in [0.29, 0.717) is 25.4 Å². The molecule has 1 heterocycles. The van der Waals surface area contributed by atoms with Crippen LogP contribution in [0.1, 0.15) is 23.7 Å². The highest BCUT2D eigenvalue weighted by Crippen LogP contribution is 2.30. The maximum Gasteiger partial charge on any atom is 0.160 e. The Morgan fingerprint density at radius 2 is 2.12 bits per heavy atom. The van der Waals surface area contributed by atoms with Crippen molar-refractivity contribution in [1.82, 2.24) is 0 Å². The first-order valence-electron chi connectivity index (χ1n) is 5.76. The Bertz CT molecular complexity index is 372. The molecule has 2 rings (SSSR count). The first-order chi connectivity index (χ1) is 8.20. The molecular formula is C13H18O4. The van der Waals surface area contributed by atoms with Gasteiger partial charge >= 0.3 is 0 Å². The lowest BCUT2D eigenvalue weighted by Gasteiger charge is -2.18. The van der Waals surface area contributed by atoms with Crippen LogP contribution >= 0.6 is 0 Å². The summed E-state index contributed by atoms with van der Waals surface area (Å²) in [6.45, 7) is 3.18. The molecular weight excluding hydrogens is 220 g/mol. The zero-order valence-electron chi connectivity index (χ0n) is 10.2. The summed E-state index contributed by atoms with van der Waals surface area (Å²) in [5, 5.41) is 10.2. The molecule has 1 aromatic carbocycles. The van der Waals surface area contributed by atoms with Crippen molar-refractivity contribution >= 4 is 0 Å². The summed E-state index contributed by atoms with van der Waals surface area (Å²) in [4.78, 5) is 0. The van der Waals surface area contributed by atoms with E-state index < -0.39 is 6.10 Å². The van der Waals surface area contributed by atoms with Crippen LogP contribution in [0.5, 0.6) is 5.75 Å². The third kappa shape index (κ3) is 2.97. The smallest absolute Gasteiger partial charge is 0.160 e. The second-order valence-corrected chi connectivity index (χ2v) is 4.17. The highest BCUT2D eigenvalue weighted by molar-refractivity contribution is 5.38. The molecule has 4 heteroatoms. The third-order valence-corrected chi connectivity index (χ3v) is 2.85. The van der Waals surface area contributed by atoms with Crippen molar-refractivity contribution < 1.29 is 19.3 Å². The summed E-state index contributed by atoms with van der Waals surface area (Å²) in [5.41, 5.74) is 1.87. The van der Waals surface area contributed by atoms with Crippen LogP contribution in [0.4, 0.5) is 0 Å². The van der Waals surface area contributed by atoms with Gasteiger partial charge in [-0.05, 0) is 19.1 Å². The Balaban J connectivity index is 2.11. The standard InChI is InChI=1S/C13H18O4/c1-9-3-4-12(15-2)10(7-9)11(14)8-13-16-5-6-17-13/h3-4,7,11,13-14H,5-6,8H2,1-2H3. The Morgan fingerprint density at radius 1 is 1.41 bits per heavy atom. The second-order valence-electron chi connectivity index (χ2n) is 4.17. The van der Waals surface area contributed by atoms with E-state index in [2.05, 4.69) is 0 Å². The predicted molar refractivity (Wildman–Crippen MR) is 63.0 cm³/mol. The van der Waals surface area contributed by atoms with Gasteiger partial charge in [0.2, 0.25) is 0 Å². The van der Waals surface area contributed by atoms with Crippen LogP contribution in [0.2, 0.25) is 0 Å². The average Bonchev–Trinajstić information content (AvgIpc) is 2.81. The number of rotatable bonds is 4. The number of methoxy groups -OCH3 is 1. The second kappa shape index (κ2) is 5.49. The molecule has 0 radical (unpaired) electrons. The molecule has 0 saturated carbocycles. The lowest BCUT2D eigenvalue weighted by atomic mass is 10.0. The van der Waals surface area contributed by atoms with E-state index in [1.165, 1.54) is 0 Å². The number of aliphatic hydroxyl groups excluding tert-OH is 1. The van der Waals surface area contributed by atoms with Gasteiger partial charge in [-0.15, -0.1) is 0 Å². The molecule has 1 aliphatic heterocycles. The van der Waals surface area contributed by atoms with Gasteiger partial charge in [-0.1, -0.05) is 11.6 Å². The minimum absolute atomic E-state index is 0.310.